The third-order valence-electron chi connectivity index (χ3n) is 3.23. The highest BCUT2D eigenvalue weighted by Gasteiger charge is 2.28. The Morgan fingerprint density at radius 3 is 2.73 bits per heavy atom. The Morgan fingerprint density at radius 1 is 1.53 bits per heavy atom. The fourth-order valence-corrected chi connectivity index (χ4v) is 1.78. The Kier molecular flexibility index (Phi) is 5.09. The van der Waals surface area contributed by atoms with E-state index in [-0.39, 0.29) is 11.9 Å². The smallest absolute Gasteiger partial charge is 0.236 e. The second kappa shape index (κ2) is 6.11. The van der Waals surface area contributed by atoms with E-state index in [0.717, 1.165) is 31.7 Å². The van der Waals surface area contributed by atoms with Gasteiger partial charge in [0.2, 0.25) is 5.91 Å². The van der Waals surface area contributed by atoms with Crippen LogP contribution in [0.5, 0.6) is 0 Å². The summed E-state index contributed by atoms with van der Waals surface area (Å²) in [6.45, 7) is 5.11. The fourth-order valence-electron chi connectivity index (χ4n) is 1.78. The highest BCUT2D eigenvalue weighted by atomic mass is 16.2. The van der Waals surface area contributed by atoms with Crippen molar-refractivity contribution in [3.8, 4) is 0 Å². The Morgan fingerprint density at radius 2 is 2.20 bits per heavy atom. The van der Waals surface area contributed by atoms with Crippen LogP contribution in [0.2, 0.25) is 0 Å². The van der Waals surface area contributed by atoms with Gasteiger partial charge >= 0.3 is 0 Å². The topological polar surface area (TPSA) is 55.1 Å². The van der Waals surface area contributed by atoms with Crippen molar-refractivity contribution in [2.45, 2.75) is 52.0 Å². The van der Waals surface area contributed by atoms with Gasteiger partial charge in [-0.15, -0.1) is 0 Å². The van der Waals surface area contributed by atoms with Crippen molar-refractivity contribution < 1.29 is 4.79 Å². The van der Waals surface area contributed by atoms with Gasteiger partial charge < -0.3 is 11.1 Å². The lowest BCUT2D eigenvalue weighted by Gasteiger charge is -2.15. The summed E-state index contributed by atoms with van der Waals surface area (Å²) >= 11 is 0. The van der Waals surface area contributed by atoms with Gasteiger partial charge in [-0.1, -0.05) is 26.7 Å². The maximum absolute atomic E-state index is 11.6. The standard InChI is InChI=1S/C12H24N2O/c1-3-4-5-11(13)12(15)14-8-9(2)10-6-7-10/h9-11H,3-8,13H2,1-2H3,(H,14,15)/t9?,11-/m0/s1. The quantitative estimate of drug-likeness (QED) is 0.674. The number of rotatable bonds is 7. The van der Waals surface area contributed by atoms with E-state index in [9.17, 15) is 4.79 Å². The summed E-state index contributed by atoms with van der Waals surface area (Å²) in [4.78, 5) is 11.6. The number of hydrogen-bond donors (Lipinski definition) is 2. The summed E-state index contributed by atoms with van der Waals surface area (Å²) < 4.78 is 0. The van der Waals surface area contributed by atoms with Crippen LogP contribution in [-0.2, 0) is 4.79 Å². The molecule has 3 nitrogen and oxygen atoms in total. The number of hydrogen-bond acceptors (Lipinski definition) is 2. The summed E-state index contributed by atoms with van der Waals surface area (Å²) in [6.07, 6.45) is 5.60. The van der Waals surface area contributed by atoms with E-state index in [0.29, 0.717) is 5.92 Å². The first kappa shape index (κ1) is 12.5. The second-order valence-electron chi connectivity index (χ2n) is 4.81. The third kappa shape index (κ3) is 4.65. The molecule has 1 aliphatic carbocycles. The number of unbranched alkanes of at least 4 members (excludes halogenated alkanes) is 1. The number of carbonyl (C=O) groups excluding carboxylic acids is 1. The van der Waals surface area contributed by atoms with Crippen LogP contribution in [-0.4, -0.2) is 18.5 Å². The summed E-state index contributed by atoms with van der Waals surface area (Å²) in [7, 11) is 0. The molecule has 0 aromatic heterocycles. The van der Waals surface area contributed by atoms with Gasteiger partial charge in [0.05, 0.1) is 6.04 Å². The second-order valence-corrected chi connectivity index (χ2v) is 4.81. The fraction of sp³-hybridized carbons (Fsp3) is 0.917. The molecule has 0 radical (unpaired) electrons. The number of nitrogens with one attached hydrogen (secondary N) is 1. The monoisotopic (exact) mass is 212 g/mol. The van der Waals surface area contributed by atoms with Crippen LogP contribution >= 0.6 is 0 Å². The lowest BCUT2D eigenvalue weighted by Crippen LogP contribution is -2.42. The Hall–Kier alpha value is -0.570. The molecule has 0 saturated heterocycles. The predicted molar refractivity (Wildman–Crippen MR) is 62.4 cm³/mol. The minimum atomic E-state index is -0.309. The number of carbonyl (C=O) groups is 1. The molecule has 0 aromatic rings. The van der Waals surface area contributed by atoms with Crippen molar-refractivity contribution in [2.75, 3.05) is 6.54 Å². The van der Waals surface area contributed by atoms with Crippen LogP contribution in [0.1, 0.15) is 46.0 Å². The van der Waals surface area contributed by atoms with Gasteiger partial charge in [-0.05, 0) is 31.1 Å². The van der Waals surface area contributed by atoms with Gasteiger partial charge in [0.25, 0.3) is 0 Å². The summed E-state index contributed by atoms with van der Waals surface area (Å²) in [5.41, 5.74) is 5.77. The van der Waals surface area contributed by atoms with Gasteiger partial charge in [0.1, 0.15) is 0 Å². The molecule has 1 amide bonds. The van der Waals surface area contributed by atoms with Crippen molar-refractivity contribution in [2.24, 2.45) is 17.6 Å². The van der Waals surface area contributed by atoms with E-state index in [1.807, 2.05) is 0 Å². The van der Waals surface area contributed by atoms with E-state index < -0.39 is 0 Å². The number of nitrogens with two attached hydrogens (primary N) is 1. The third-order valence-corrected chi connectivity index (χ3v) is 3.23. The van der Waals surface area contributed by atoms with E-state index in [4.69, 9.17) is 5.73 Å². The highest BCUT2D eigenvalue weighted by molar-refractivity contribution is 5.81. The van der Waals surface area contributed by atoms with Crippen LogP contribution in [0, 0.1) is 11.8 Å². The molecule has 15 heavy (non-hydrogen) atoms. The highest BCUT2D eigenvalue weighted by Crippen LogP contribution is 2.35. The molecule has 2 atom stereocenters. The van der Waals surface area contributed by atoms with Crippen LogP contribution in [0.15, 0.2) is 0 Å². The van der Waals surface area contributed by atoms with Crippen LogP contribution < -0.4 is 11.1 Å². The average molecular weight is 212 g/mol. The summed E-state index contributed by atoms with van der Waals surface area (Å²) in [6, 6.07) is -0.309. The van der Waals surface area contributed by atoms with Crippen molar-refractivity contribution in [1.82, 2.24) is 5.32 Å². The van der Waals surface area contributed by atoms with Crippen molar-refractivity contribution in [3.05, 3.63) is 0 Å². The summed E-state index contributed by atoms with van der Waals surface area (Å²) in [5.74, 6) is 1.49. The summed E-state index contributed by atoms with van der Waals surface area (Å²) in [5, 5.41) is 2.95. The largest absolute Gasteiger partial charge is 0.354 e. The molecule has 0 aliphatic heterocycles. The molecule has 0 bridgehead atoms. The molecule has 0 aromatic carbocycles. The van der Waals surface area contributed by atoms with E-state index in [1.54, 1.807) is 0 Å². The average Bonchev–Trinajstić information content (AvgIpc) is 3.05. The van der Waals surface area contributed by atoms with Gasteiger partial charge in [0.15, 0.2) is 0 Å². The first-order chi connectivity index (χ1) is 7.15. The molecule has 1 saturated carbocycles. The van der Waals surface area contributed by atoms with E-state index >= 15 is 0 Å². The molecular weight excluding hydrogens is 188 g/mol. The minimum Gasteiger partial charge on any atom is -0.354 e. The molecule has 1 rings (SSSR count). The van der Waals surface area contributed by atoms with Crippen molar-refractivity contribution >= 4 is 5.91 Å². The molecule has 0 spiro atoms. The van der Waals surface area contributed by atoms with Crippen molar-refractivity contribution in [3.63, 3.8) is 0 Å². The molecule has 1 fully saturated rings. The van der Waals surface area contributed by atoms with E-state index in [1.165, 1.54) is 12.8 Å². The van der Waals surface area contributed by atoms with Crippen LogP contribution in [0.4, 0.5) is 0 Å². The predicted octanol–water partition coefficient (Wildman–Crippen LogP) is 1.67. The zero-order chi connectivity index (χ0) is 11.3. The normalized spacial score (nSPS) is 19.7. The first-order valence-corrected chi connectivity index (χ1v) is 6.18. The zero-order valence-corrected chi connectivity index (χ0v) is 9.96. The number of amides is 1. The Bertz CT molecular complexity index is 202. The molecule has 3 heteroatoms. The Labute approximate surface area is 92.8 Å². The lowest BCUT2D eigenvalue weighted by molar-refractivity contribution is -0.122. The molecule has 88 valence electrons. The molecule has 1 unspecified atom stereocenters. The van der Waals surface area contributed by atoms with Gasteiger partial charge in [-0.25, -0.2) is 0 Å². The first-order valence-electron chi connectivity index (χ1n) is 6.18. The van der Waals surface area contributed by atoms with Gasteiger partial charge in [-0.2, -0.15) is 0 Å². The zero-order valence-electron chi connectivity index (χ0n) is 9.96. The lowest BCUT2D eigenvalue weighted by atomic mass is 10.1. The molecule has 1 aliphatic rings. The molecule has 3 N–H and O–H groups in total. The molecule has 0 heterocycles. The van der Waals surface area contributed by atoms with E-state index in [2.05, 4.69) is 19.2 Å². The Balaban J connectivity index is 2.10. The van der Waals surface area contributed by atoms with Gasteiger partial charge in [-0.3, -0.25) is 4.79 Å². The van der Waals surface area contributed by atoms with Crippen LogP contribution in [0.25, 0.3) is 0 Å². The SMILES string of the molecule is CCCC[C@H](N)C(=O)NCC(C)C1CC1. The maximum Gasteiger partial charge on any atom is 0.236 e. The van der Waals surface area contributed by atoms with Gasteiger partial charge in [0, 0.05) is 6.54 Å². The molecular formula is C12H24N2O. The minimum absolute atomic E-state index is 0.0240. The maximum atomic E-state index is 11.6. The van der Waals surface area contributed by atoms with Crippen molar-refractivity contribution in [1.29, 1.82) is 0 Å². The van der Waals surface area contributed by atoms with Crippen LogP contribution in [0.3, 0.4) is 0 Å².